The quantitative estimate of drug-likeness (QED) is 0.544. The van der Waals surface area contributed by atoms with Gasteiger partial charge in [-0.15, -0.1) is 0 Å². The molecule has 1 N–H and O–H groups in total. The number of hydrogen-bond donors (Lipinski definition) is 1. The fourth-order valence-corrected chi connectivity index (χ4v) is 4.56. The van der Waals surface area contributed by atoms with Crippen LogP contribution in [-0.4, -0.2) is 54.5 Å². The van der Waals surface area contributed by atoms with Crippen molar-refractivity contribution in [3.8, 4) is 5.75 Å². The Kier molecular flexibility index (Phi) is 8.49. The molecule has 1 saturated heterocycles. The van der Waals surface area contributed by atoms with Crippen molar-refractivity contribution in [2.75, 3.05) is 19.7 Å². The van der Waals surface area contributed by atoms with Gasteiger partial charge in [-0.05, 0) is 49.6 Å². The Morgan fingerprint density at radius 3 is 2.52 bits per heavy atom. The number of amides is 2. The van der Waals surface area contributed by atoms with Gasteiger partial charge in [0.05, 0.1) is 13.0 Å². The molecule has 33 heavy (non-hydrogen) atoms. The summed E-state index contributed by atoms with van der Waals surface area (Å²) in [6.07, 6.45) is -0.427. The van der Waals surface area contributed by atoms with E-state index in [2.05, 4.69) is 21.2 Å². The van der Waals surface area contributed by atoms with Gasteiger partial charge in [-0.25, -0.2) is 0 Å². The van der Waals surface area contributed by atoms with Gasteiger partial charge in [-0.2, -0.15) is 0 Å². The van der Waals surface area contributed by atoms with Crippen LogP contribution in [0.25, 0.3) is 0 Å². The molecular weight excluding hydrogens is 488 g/mol. The molecule has 176 valence electrons. The molecule has 1 aliphatic rings. The first kappa shape index (κ1) is 24.8. The van der Waals surface area contributed by atoms with E-state index in [9.17, 15) is 14.4 Å². The first-order valence-electron chi connectivity index (χ1n) is 11.0. The van der Waals surface area contributed by atoms with Crippen LogP contribution in [0.5, 0.6) is 5.75 Å². The van der Waals surface area contributed by atoms with Gasteiger partial charge >= 0.3 is 5.97 Å². The largest absolute Gasteiger partial charge is 0.480 e. The van der Waals surface area contributed by atoms with Gasteiger partial charge < -0.3 is 19.7 Å². The lowest BCUT2D eigenvalue weighted by molar-refractivity contribution is -0.154. The zero-order valence-corrected chi connectivity index (χ0v) is 20.7. The number of halogens is 1. The molecule has 2 unspecified atom stereocenters. The summed E-state index contributed by atoms with van der Waals surface area (Å²) in [5.41, 5.74) is 2.86. The number of hydrogen-bond acceptors (Lipinski definition) is 5. The summed E-state index contributed by atoms with van der Waals surface area (Å²) < 4.78 is 12.3. The van der Waals surface area contributed by atoms with Crippen LogP contribution in [0, 0.1) is 13.8 Å². The van der Waals surface area contributed by atoms with Gasteiger partial charge in [0, 0.05) is 24.0 Å². The van der Waals surface area contributed by atoms with E-state index in [0.29, 0.717) is 25.3 Å². The smallest absolute Gasteiger partial charge is 0.308 e. The second kappa shape index (κ2) is 11.3. The van der Waals surface area contributed by atoms with Crippen LogP contribution >= 0.6 is 15.9 Å². The number of ether oxygens (including phenoxy) is 2. The molecule has 0 bridgehead atoms. The van der Waals surface area contributed by atoms with Crippen molar-refractivity contribution in [3.05, 3.63) is 63.6 Å². The minimum absolute atomic E-state index is 0.199. The maximum Gasteiger partial charge on any atom is 0.308 e. The number of rotatable bonds is 8. The van der Waals surface area contributed by atoms with Gasteiger partial charge in [0.25, 0.3) is 5.91 Å². The third kappa shape index (κ3) is 6.57. The highest BCUT2D eigenvalue weighted by molar-refractivity contribution is 9.10. The van der Waals surface area contributed by atoms with E-state index < -0.39 is 18.1 Å². The maximum atomic E-state index is 13.2. The summed E-state index contributed by atoms with van der Waals surface area (Å²) >= 11 is 3.45. The van der Waals surface area contributed by atoms with Gasteiger partial charge in [0.1, 0.15) is 11.8 Å². The van der Waals surface area contributed by atoms with Crippen molar-refractivity contribution >= 4 is 33.7 Å². The number of esters is 1. The third-order valence-corrected chi connectivity index (χ3v) is 6.00. The molecular formula is C25H29BrN2O5. The Hall–Kier alpha value is -2.87. The molecule has 0 aromatic heterocycles. The molecule has 0 radical (unpaired) electrons. The topological polar surface area (TPSA) is 84.9 Å². The summed E-state index contributed by atoms with van der Waals surface area (Å²) in [6.45, 7) is 6.32. The molecule has 1 fully saturated rings. The van der Waals surface area contributed by atoms with Crippen molar-refractivity contribution in [3.63, 3.8) is 0 Å². The lowest BCUT2D eigenvalue weighted by atomic mass is 10.1. The maximum absolute atomic E-state index is 13.2. The van der Waals surface area contributed by atoms with Gasteiger partial charge in [-0.3, -0.25) is 14.4 Å². The zero-order valence-electron chi connectivity index (χ0n) is 19.1. The summed E-state index contributed by atoms with van der Waals surface area (Å²) in [5.74, 6) is -0.581. The number of aryl methyl sites for hydroxylation is 2. The Labute approximate surface area is 202 Å². The van der Waals surface area contributed by atoms with Crippen LogP contribution < -0.4 is 10.1 Å². The first-order valence-corrected chi connectivity index (χ1v) is 11.8. The fourth-order valence-electron chi connectivity index (χ4n) is 3.87. The van der Waals surface area contributed by atoms with Gasteiger partial charge in [0.2, 0.25) is 5.91 Å². The van der Waals surface area contributed by atoms with Crippen LogP contribution in [0.3, 0.4) is 0 Å². The normalized spacial score (nSPS) is 16.7. The zero-order chi connectivity index (χ0) is 24.0. The van der Waals surface area contributed by atoms with E-state index in [1.165, 1.54) is 4.90 Å². The van der Waals surface area contributed by atoms with Crippen molar-refractivity contribution in [2.24, 2.45) is 0 Å². The van der Waals surface area contributed by atoms with Crippen molar-refractivity contribution in [1.82, 2.24) is 10.2 Å². The summed E-state index contributed by atoms with van der Waals surface area (Å²) in [4.78, 5) is 39.5. The number of benzene rings is 2. The Balaban J connectivity index is 1.62. The molecule has 7 nitrogen and oxygen atoms in total. The molecule has 2 aromatic carbocycles. The number of piperazine rings is 1. The Morgan fingerprint density at radius 2 is 1.85 bits per heavy atom. The number of carbonyl (C=O) groups is 3. The molecule has 2 atom stereocenters. The standard InChI is InChI=1S/C25H29BrN2O5/c1-16-13-20(26)14-17(2)23(16)33-18(3)25(31)28-11-10-27-24(30)21(28)15-22(29)32-12-9-19-7-5-4-6-8-19/h4-8,13-14,18,21H,9-12,15H2,1-3H3,(H,27,30). The first-order chi connectivity index (χ1) is 15.8. The van der Waals surface area contributed by atoms with Crippen LogP contribution in [0.4, 0.5) is 0 Å². The van der Waals surface area contributed by atoms with E-state index in [0.717, 1.165) is 21.2 Å². The van der Waals surface area contributed by atoms with Gasteiger partial charge in [-0.1, -0.05) is 46.3 Å². The van der Waals surface area contributed by atoms with E-state index in [4.69, 9.17) is 9.47 Å². The number of nitrogens with zero attached hydrogens (tertiary/aromatic N) is 1. The highest BCUT2D eigenvalue weighted by Gasteiger charge is 2.37. The lowest BCUT2D eigenvalue weighted by Crippen LogP contribution is -2.60. The number of carbonyl (C=O) groups excluding carboxylic acids is 3. The predicted octanol–water partition coefficient (Wildman–Crippen LogP) is 3.34. The monoisotopic (exact) mass is 516 g/mol. The molecule has 8 heteroatoms. The molecule has 3 rings (SSSR count). The molecule has 0 aliphatic carbocycles. The summed E-state index contributed by atoms with van der Waals surface area (Å²) in [6, 6.07) is 12.6. The molecule has 0 saturated carbocycles. The third-order valence-electron chi connectivity index (χ3n) is 5.54. The Bertz CT molecular complexity index is 988. The summed E-state index contributed by atoms with van der Waals surface area (Å²) in [7, 11) is 0. The lowest BCUT2D eigenvalue weighted by Gasteiger charge is -2.36. The Morgan fingerprint density at radius 1 is 1.18 bits per heavy atom. The average molecular weight is 517 g/mol. The van der Waals surface area contributed by atoms with Crippen molar-refractivity contribution in [2.45, 2.75) is 45.8 Å². The minimum atomic E-state index is -0.923. The van der Waals surface area contributed by atoms with Crippen LogP contribution in [-0.2, 0) is 25.5 Å². The van der Waals surface area contributed by atoms with E-state index in [-0.39, 0.29) is 24.8 Å². The second-order valence-electron chi connectivity index (χ2n) is 8.13. The van der Waals surface area contributed by atoms with Crippen LogP contribution in [0.15, 0.2) is 46.9 Å². The predicted molar refractivity (Wildman–Crippen MR) is 128 cm³/mol. The van der Waals surface area contributed by atoms with Crippen LogP contribution in [0.2, 0.25) is 0 Å². The number of nitrogens with one attached hydrogen (secondary N) is 1. The molecule has 2 aromatic rings. The van der Waals surface area contributed by atoms with Crippen molar-refractivity contribution < 1.29 is 23.9 Å². The highest BCUT2D eigenvalue weighted by Crippen LogP contribution is 2.28. The minimum Gasteiger partial charge on any atom is -0.480 e. The molecule has 1 heterocycles. The van der Waals surface area contributed by atoms with E-state index in [1.807, 2.05) is 56.3 Å². The van der Waals surface area contributed by atoms with Crippen molar-refractivity contribution in [1.29, 1.82) is 0 Å². The fraction of sp³-hybridized carbons (Fsp3) is 0.400. The highest BCUT2D eigenvalue weighted by atomic mass is 79.9. The van der Waals surface area contributed by atoms with E-state index >= 15 is 0 Å². The van der Waals surface area contributed by atoms with Gasteiger partial charge in [0.15, 0.2) is 6.10 Å². The van der Waals surface area contributed by atoms with Crippen LogP contribution in [0.1, 0.15) is 30.0 Å². The summed E-state index contributed by atoms with van der Waals surface area (Å²) in [5, 5.41) is 2.73. The molecule has 1 aliphatic heterocycles. The SMILES string of the molecule is Cc1cc(Br)cc(C)c1OC(C)C(=O)N1CCNC(=O)C1CC(=O)OCCc1ccccc1. The molecule has 2 amide bonds. The second-order valence-corrected chi connectivity index (χ2v) is 9.04. The van der Waals surface area contributed by atoms with E-state index in [1.54, 1.807) is 6.92 Å². The molecule has 0 spiro atoms. The average Bonchev–Trinajstić information content (AvgIpc) is 2.77.